The van der Waals surface area contributed by atoms with E-state index in [0.717, 1.165) is 173 Å². The molecule has 0 saturated heterocycles. The van der Waals surface area contributed by atoms with Crippen LogP contribution in [0.3, 0.4) is 0 Å². The summed E-state index contributed by atoms with van der Waals surface area (Å²) in [5.74, 6) is -1.58. The Balaban J connectivity index is 4.57. The van der Waals surface area contributed by atoms with Crippen LogP contribution >= 0.6 is 15.6 Å². The molecule has 0 bridgehead atoms. The van der Waals surface area contributed by atoms with Crippen LogP contribution in [0.25, 0.3) is 0 Å². The molecule has 5 atom stereocenters. The van der Waals surface area contributed by atoms with Gasteiger partial charge in [0.05, 0.1) is 26.4 Å². The summed E-state index contributed by atoms with van der Waals surface area (Å²) in [6.45, 7) is 2.55. The van der Waals surface area contributed by atoms with Crippen LogP contribution in [0.1, 0.15) is 419 Å². The number of unbranched alkanes of at least 4 members (excludes halogenated alkanes) is 42. The van der Waals surface area contributed by atoms with Crippen molar-refractivity contribution in [1.82, 2.24) is 0 Å². The molecule has 123 heavy (non-hydrogen) atoms. The summed E-state index contributed by atoms with van der Waals surface area (Å²) in [6.07, 6.45) is 125. The molecule has 0 fully saturated rings. The number of phosphoric ester groups is 2. The van der Waals surface area contributed by atoms with E-state index in [4.69, 9.17) is 32.3 Å². The Morgan fingerprint density at radius 1 is 0.236 bits per heavy atom. The molecule has 0 aliphatic rings. The number of aliphatic hydroxyl groups excluding tert-OH is 2. The highest BCUT2D eigenvalue weighted by atomic mass is 31.2. The number of hydrogen-bond acceptors (Lipinski definition) is 14. The van der Waals surface area contributed by atoms with Crippen molar-refractivity contribution >= 4 is 33.6 Å². The second-order valence-electron chi connectivity index (χ2n) is 32.8. The largest absolute Gasteiger partial charge is 0.472 e. The highest BCUT2D eigenvalue weighted by Gasteiger charge is 2.30. The average molecular weight is 1760 g/mol. The lowest BCUT2D eigenvalue weighted by molar-refractivity contribution is -0.161. The minimum Gasteiger partial charge on any atom is -0.463 e. The quantitative estimate of drug-likeness (QED) is 0.0146. The second-order valence-corrected chi connectivity index (χ2v) is 35.7. The van der Waals surface area contributed by atoms with Gasteiger partial charge < -0.3 is 34.2 Å². The van der Waals surface area contributed by atoms with Crippen molar-refractivity contribution in [1.29, 1.82) is 0 Å². The summed E-state index contributed by atoms with van der Waals surface area (Å²) < 4.78 is 61.6. The van der Waals surface area contributed by atoms with Gasteiger partial charge in [0.1, 0.15) is 25.4 Å². The molecule has 0 aromatic rings. The minimum absolute atomic E-state index is 0.0871. The molecule has 0 aliphatic heterocycles. The van der Waals surface area contributed by atoms with Gasteiger partial charge >= 0.3 is 33.6 Å². The Morgan fingerprint density at radius 2 is 0.431 bits per heavy atom. The zero-order valence-corrected chi connectivity index (χ0v) is 79.9. The van der Waals surface area contributed by atoms with E-state index in [0.29, 0.717) is 19.3 Å². The fraction of sp³-hybridized carbons (Fsp3) is 0.705. The number of carbonyl (C=O) groups excluding carboxylic acids is 3. The van der Waals surface area contributed by atoms with Gasteiger partial charge in [-0.1, -0.05) is 409 Å². The Labute approximate surface area is 752 Å². The Hall–Kier alpha value is -5.09. The molecule has 706 valence electrons. The minimum atomic E-state index is -4.95. The normalized spacial score (nSPS) is 14.4. The molecule has 4 N–H and O–H groups in total. The first kappa shape index (κ1) is 118. The molecule has 5 unspecified atom stereocenters. The van der Waals surface area contributed by atoms with Crippen LogP contribution in [0.4, 0.5) is 0 Å². The number of ether oxygens (including phenoxy) is 3. The average Bonchev–Trinajstić information content (AvgIpc) is 0.898. The topological polar surface area (TPSA) is 231 Å². The summed E-state index contributed by atoms with van der Waals surface area (Å²) in [7, 11) is -9.82. The van der Waals surface area contributed by atoms with Gasteiger partial charge in [-0.15, -0.1) is 0 Å². The molecule has 0 aromatic heterocycles. The molecule has 0 aliphatic carbocycles. The summed E-state index contributed by atoms with van der Waals surface area (Å²) in [5, 5.41) is 20.8. The highest BCUT2D eigenvalue weighted by Crippen LogP contribution is 2.45. The van der Waals surface area contributed by atoms with Gasteiger partial charge in [-0.2, -0.15) is 0 Å². The first-order valence-electron chi connectivity index (χ1n) is 49.4. The van der Waals surface area contributed by atoms with E-state index >= 15 is 0 Å². The van der Waals surface area contributed by atoms with Crippen LogP contribution in [-0.4, -0.2) is 95.9 Å². The maximum absolute atomic E-state index is 13.1. The molecule has 18 heteroatoms. The highest BCUT2D eigenvalue weighted by molar-refractivity contribution is 7.47. The zero-order valence-electron chi connectivity index (χ0n) is 78.1. The lowest BCUT2D eigenvalue weighted by Crippen LogP contribution is -2.30. The van der Waals surface area contributed by atoms with Crippen LogP contribution in [0, 0.1) is 0 Å². The summed E-state index contributed by atoms with van der Waals surface area (Å²) >= 11 is 0. The van der Waals surface area contributed by atoms with Gasteiger partial charge in [-0.25, -0.2) is 9.13 Å². The molecule has 0 heterocycles. The number of carbonyl (C=O) groups is 3. The van der Waals surface area contributed by atoms with E-state index < -0.39 is 91.5 Å². The van der Waals surface area contributed by atoms with E-state index in [2.05, 4.69) is 191 Å². The summed E-state index contributed by atoms with van der Waals surface area (Å²) in [6, 6.07) is 0. The summed E-state index contributed by atoms with van der Waals surface area (Å²) in [4.78, 5) is 59.1. The SMILES string of the molecule is CC/C=C\C/C=C\C/C=C\C/C=C\C/C=C\C/C=C\CCCCCCCCCCCCC(=O)OCC(COP(=O)(O)OCC(O)COP(=O)(O)OCC(O)COC(=O)CCCCCCCCCCCCCCCCCCCCC/C=C\C/C=C\C/C=C\C/C=C\CCCCC)OC(=O)CCCCCCCCC/C=C\C/C=C\C/C=C\C/C=C\CCCCC. The van der Waals surface area contributed by atoms with E-state index in [1.807, 2.05) is 0 Å². The van der Waals surface area contributed by atoms with E-state index in [1.165, 1.54) is 186 Å². The Morgan fingerprint density at radius 3 is 0.683 bits per heavy atom. The third-order valence-electron chi connectivity index (χ3n) is 20.9. The zero-order chi connectivity index (χ0) is 89.3. The van der Waals surface area contributed by atoms with Gasteiger partial charge in [0.2, 0.25) is 0 Å². The van der Waals surface area contributed by atoms with Crippen molar-refractivity contribution in [2.75, 3.05) is 39.6 Å². The first-order chi connectivity index (χ1) is 60.2. The van der Waals surface area contributed by atoms with Crippen molar-refractivity contribution in [3.05, 3.63) is 170 Å². The smallest absolute Gasteiger partial charge is 0.463 e. The maximum atomic E-state index is 13.1. The number of hydrogen-bond donors (Lipinski definition) is 4. The lowest BCUT2D eigenvalue weighted by Gasteiger charge is -2.21. The monoisotopic (exact) mass is 1760 g/mol. The van der Waals surface area contributed by atoms with Crippen molar-refractivity contribution in [3.63, 3.8) is 0 Å². The summed E-state index contributed by atoms with van der Waals surface area (Å²) in [5.41, 5.74) is 0. The maximum Gasteiger partial charge on any atom is 0.472 e. The number of allylic oxidation sites excluding steroid dienone is 28. The van der Waals surface area contributed by atoms with Gasteiger partial charge in [0, 0.05) is 19.3 Å². The first-order valence-corrected chi connectivity index (χ1v) is 52.4. The van der Waals surface area contributed by atoms with Gasteiger partial charge in [0.25, 0.3) is 0 Å². The third kappa shape index (κ3) is 97.4. The Kier molecular flexibility index (Phi) is 92.0. The number of phosphoric acid groups is 2. The number of rotatable bonds is 93. The molecular formula is C105H180O16P2. The standard InChI is InChI=1S/C105H180O16P2/c1-4-7-10-13-16-19-22-25-28-31-34-37-40-42-44-46-47-48-49-50-51-53-55-56-59-61-64-67-70-73-76-79-82-85-88-91-103(108)115-94-100(106)95-117-122(111,112)118-96-101(107)97-119-123(113,114)120-99-102(121-105(110)93-90-87-84-81-78-75-72-69-66-63-58-39-36-33-30-27-24-21-18-15-12-9-6-3)98-116-104(109)92-89-86-83-80-77-74-71-68-65-62-60-57-54-52-45-43-41-38-35-32-29-26-23-20-17-14-11-8-5-2/h8,11,16-21,25-30,34-39,42-45,54,57,63,66,100-102,106-107H,4-7,9-10,12-15,22-24,31-33,40-41,46-53,55-56,58-62,64-65,67-99H2,1-3H3,(H,111,112)(H,113,114)/b11-8-,19-16-,20-17-,21-18-,28-25-,29-26-,30-27-,37-34-,38-35-,39-36-,44-42-,45-43-,57-54-,66-63-. The molecule has 0 spiro atoms. The van der Waals surface area contributed by atoms with Crippen LogP contribution in [0.15, 0.2) is 170 Å². The molecule has 16 nitrogen and oxygen atoms in total. The van der Waals surface area contributed by atoms with E-state index in [1.54, 1.807) is 0 Å². The van der Waals surface area contributed by atoms with E-state index in [-0.39, 0.29) is 19.3 Å². The molecule has 0 rings (SSSR count). The van der Waals surface area contributed by atoms with Gasteiger partial charge in [0.15, 0.2) is 6.10 Å². The second kappa shape index (κ2) is 96.0. The fourth-order valence-electron chi connectivity index (χ4n) is 13.4. The van der Waals surface area contributed by atoms with Crippen molar-refractivity contribution in [2.45, 2.75) is 437 Å². The van der Waals surface area contributed by atoms with Crippen LogP contribution in [-0.2, 0) is 55.8 Å². The number of esters is 3. The molecule has 0 amide bonds. The number of aliphatic hydroxyl groups is 2. The molecular weight excluding hydrogens is 1580 g/mol. The predicted octanol–water partition coefficient (Wildman–Crippen LogP) is 31.0. The third-order valence-corrected chi connectivity index (χ3v) is 22.8. The van der Waals surface area contributed by atoms with Gasteiger partial charge in [-0.3, -0.25) is 32.5 Å². The van der Waals surface area contributed by atoms with Crippen LogP contribution in [0.2, 0.25) is 0 Å². The van der Waals surface area contributed by atoms with Crippen molar-refractivity contribution in [2.24, 2.45) is 0 Å². The van der Waals surface area contributed by atoms with Crippen molar-refractivity contribution < 1.29 is 75.8 Å². The van der Waals surface area contributed by atoms with Crippen LogP contribution in [0.5, 0.6) is 0 Å². The lowest BCUT2D eigenvalue weighted by atomic mass is 10.0. The Bertz CT molecular complexity index is 2920. The van der Waals surface area contributed by atoms with Crippen molar-refractivity contribution in [3.8, 4) is 0 Å². The molecule has 0 radical (unpaired) electrons. The van der Waals surface area contributed by atoms with Gasteiger partial charge in [-0.05, 0) is 161 Å². The molecule has 0 aromatic carbocycles. The van der Waals surface area contributed by atoms with Crippen LogP contribution < -0.4 is 0 Å². The molecule has 0 saturated carbocycles. The van der Waals surface area contributed by atoms with E-state index in [9.17, 15) is 43.5 Å². The predicted molar refractivity (Wildman–Crippen MR) is 519 cm³/mol. The fourth-order valence-corrected chi connectivity index (χ4v) is 15.0.